The Morgan fingerprint density at radius 3 is 2.41 bits per heavy atom. The van der Waals surface area contributed by atoms with Crippen molar-refractivity contribution in [2.45, 2.75) is 18.9 Å². The van der Waals surface area contributed by atoms with Gasteiger partial charge in [-0.3, -0.25) is 0 Å². The standard InChI is InChI=1S/C12H18ClNO3/c1-16-11-5-8(3-4-9(15)7-14)10(13)6-12(11)17-2/h5-6,9,15H,3-4,7,14H2,1-2H3. The maximum atomic E-state index is 9.41. The lowest BCUT2D eigenvalue weighted by Crippen LogP contribution is -2.20. The molecule has 0 fully saturated rings. The number of nitrogens with two attached hydrogens (primary N) is 1. The van der Waals surface area contributed by atoms with Gasteiger partial charge in [0.05, 0.1) is 20.3 Å². The summed E-state index contributed by atoms with van der Waals surface area (Å²) in [5, 5.41) is 10.0. The van der Waals surface area contributed by atoms with E-state index in [1.165, 1.54) is 0 Å². The van der Waals surface area contributed by atoms with Crippen molar-refractivity contribution >= 4 is 11.6 Å². The van der Waals surface area contributed by atoms with Gasteiger partial charge in [0.25, 0.3) is 0 Å². The molecule has 17 heavy (non-hydrogen) atoms. The number of methoxy groups -OCH3 is 2. The third-order valence-electron chi connectivity index (χ3n) is 2.57. The van der Waals surface area contributed by atoms with E-state index in [-0.39, 0.29) is 6.54 Å². The third-order valence-corrected chi connectivity index (χ3v) is 2.92. The van der Waals surface area contributed by atoms with Crippen LogP contribution < -0.4 is 15.2 Å². The molecular weight excluding hydrogens is 242 g/mol. The molecule has 1 aromatic carbocycles. The van der Waals surface area contributed by atoms with Crippen LogP contribution in [0.5, 0.6) is 11.5 Å². The van der Waals surface area contributed by atoms with E-state index < -0.39 is 6.10 Å². The van der Waals surface area contributed by atoms with E-state index in [1.54, 1.807) is 20.3 Å². The van der Waals surface area contributed by atoms with Crippen molar-refractivity contribution in [1.29, 1.82) is 0 Å². The van der Waals surface area contributed by atoms with Gasteiger partial charge in [0.1, 0.15) is 0 Å². The van der Waals surface area contributed by atoms with Gasteiger partial charge in [-0.05, 0) is 24.5 Å². The van der Waals surface area contributed by atoms with Crippen LogP contribution in [-0.4, -0.2) is 32.0 Å². The number of hydrogen-bond acceptors (Lipinski definition) is 4. The predicted molar refractivity (Wildman–Crippen MR) is 67.9 cm³/mol. The second-order valence-electron chi connectivity index (χ2n) is 3.73. The number of aliphatic hydroxyl groups is 1. The molecule has 0 saturated carbocycles. The van der Waals surface area contributed by atoms with Gasteiger partial charge >= 0.3 is 0 Å². The van der Waals surface area contributed by atoms with Gasteiger partial charge in [-0.25, -0.2) is 0 Å². The highest BCUT2D eigenvalue weighted by Gasteiger charge is 2.11. The summed E-state index contributed by atoms with van der Waals surface area (Å²) in [5.74, 6) is 1.23. The second-order valence-corrected chi connectivity index (χ2v) is 4.13. The quantitative estimate of drug-likeness (QED) is 0.815. The van der Waals surface area contributed by atoms with Crippen LogP contribution in [0.25, 0.3) is 0 Å². The van der Waals surface area contributed by atoms with Crippen molar-refractivity contribution in [3.63, 3.8) is 0 Å². The molecule has 0 aliphatic rings. The topological polar surface area (TPSA) is 64.7 Å². The van der Waals surface area contributed by atoms with Crippen LogP contribution in [0.3, 0.4) is 0 Å². The summed E-state index contributed by atoms with van der Waals surface area (Å²) in [6, 6.07) is 3.54. The van der Waals surface area contributed by atoms with Gasteiger partial charge < -0.3 is 20.3 Å². The van der Waals surface area contributed by atoms with E-state index in [2.05, 4.69) is 0 Å². The minimum absolute atomic E-state index is 0.255. The monoisotopic (exact) mass is 259 g/mol. The van der Waals surface area contributed by atoms with Crippen LogP contribution in [0.4, 0.5) is 0 Å². The van der Waals surface area contributed by atoms with Crippen molar-refractivity contribution in [2.24, 2.45) is 5.73 Å². The number of ether oxygens (including phenoxy) is 2. The second kappa shape index (κ2) is 6.69. The van der Waals surface area contributed by atoms with E-state index in [1.807, 2.05) is 6.07 Å². The van der Waals surface area contributed by atoms with E-state index in [0.717, 1.165) is 5.56 Å². The van der Waals surface area contributed by atoms with E-state index in [0.29, 0.717) is 29.4 Å². The molecule has 1 atom stereocenters. The highest BCUT2D eigenvalue weighted by Crippen LogP contribution is 2.33. The lowest BCUT2D eigenvalue weighted by Gasteiger charge is -2.13. The van der Waals surface area contributed by atoms with Crippen molar-refractivity contribution in [2.75, 3.05) is 20.8 Å². The summed E-state index contributed by atoms with van der Waals surface area (Å²) >= 11 is 6.12. The molecule has 96 valence electrons. The number of benzene rings is 1. The van der Waals surface area contributed by atoms with Crippen molar-refractivity contribution in [1.82, 2.24) is 0 Å². The highest BCUT2D eigenvalue weighted by atomic mass is 35.5. The van der Waals surface area contributed by atoms with Crippen LogP contribution >= 0.6 is 11.6 Å². The molecule has 0 amide bonds. The van der Waals surface area contributed by atoms with Gasteiger partial charge in [-0.2, -0.15) is 0 Å². The minimum Gasteiger partial charge on any atom is -0.493 e. The SMILES string of the molecule is COc1cc(Cl)c(CCC(O)CN)cc1OC. The molecule has 1 rings (SSSR count). The summed E-state index contributed by atoms with van der Waals surface area (Å²) < 4.78 is 10.3. The van der Waals surface area contributed by atoms with Crippen molar-refractivity contribution < 1.29 is 14.6 Å². The normalized spacial score (nSPS) is 12.3. The van der Waals surface area contributed by atoms with Gasteiger partial charge in [-0.1, -0.05) is 11.6 Å². The first-order valence-corrected chi connectivity index (χ1v) is 5.78. The number of hydrogen-bond donors (Lipinski definition) is 2. The predicted octanol–water partition coefficient (Wildman–Crippen LogP) is 1.61. The van der Waals surface area contributed by atoms with Gasteiger partial charge in [0, 0.05) is 17.6 Å². The molecule has 0 heterocycles. The van der Waals surface area contributed by atoms with E-state index >= 15 is 0 Å². The fourth-order valence-electron chi connectivity index (χ4n) is 1.53. The molecule has 0 radical (unpaired) electrons. The Morgan fingerprint density at radius 1 is 1.29 bits per heavy atom. The Kier molecular flexibility index (Phi) is 5.55. The van der Waals surface area contributed by atoms with E-state index in [9.17, 15) is 5.11 Å². The maximum absolute atomic E-state index is 9.41. The molecule has 0 aliphatic carbocycles. The van der Waals surface area contributed by atoms with Gasteiger partial charge in [-0.15, -0.1) is 0 Å². The molecule has 1 aromatic rings. The molecule has 1 unspecified atom stereocenters. The summed E-state index contributed by atoms with van der Waals surface area (Å²) in [6.07, 6.45) is 0.725. The molecule has 0 aliphatic heterocycles. The molecule has 3 N–H and O–H groups in total. The van der Waals surface area contributed by atoms with Crippen molar-refractivity contribution in [3.05, 3.63) is 22.7 Å². The first-order chi connectivity index (χ1) is 8.12. The van der Waals surface area contributed by atoms with Crippen LogP contribution in [0, 0.1) is 0 Å². The molecule has 4 nitrogen and oxygen atoms in total. The lowest BCUT2D eigenvalue weighted by atomic mass is 10.1. The van der Waals surface area contributed by atoms with Gasteiger partial charge in [0.2, 0.25) is 0 Å². The summed E-state index contributed by atoms with van der Waals surface area (Å²) in [7, 11) is 3.14. The van der Waals surface area contributed by atoms with Crippen LogP contribution in [0.2, 0.25) is 5.02 Å². The summed E-state index contributed by atoms with van der Waals surface area (Å²) in [6.45, 7) is 0.255. The Hall–Kier alpha value is -0.970. The highest BCUT2D eigenvalue weighted by molar-refractivity contribution is 6.31. The summed E-state index contributed by atoms with van der Waals surface area (Å²) in [4.78, 5) is 0. The van der Waals surface area contributed by atoms with Crippen LogP contribution in [-0.2, 0) is 6.42 Å². The molecule has 0 aromatic heterocycles. The zero-order valence-corrected chi connectivity index (χ0v) is 10.8. The molecule has 0 bridgehead atoms. The minimum atomic E-state index is -0.501. The summed E-state index contributed by atoms with van der Waals surface area (Å²) in [5.41, 5.74) is 6.26. The first kappa shape index (κ1) is 14.1. The Balaban J connectivity index is 2.85. The lowest BCUT2D eigenvalue weighted by molar-refractivity contribution is 0.173. The van der Waals surface area contributed by atoms with Crippen LogP contribution in [0.1, 0.15) is 12.0 Å². The zero-order valence-electron chi connectivity index (χ0n) is 10.1. The average Bonchev–Trinajstić information content (AvgIpc) is 2.36. The van der Waals surface area contributed by atoms with Gasteiger partial charge in [0.15, 0.2) is 11.5 Å². The van der Waals surface area contributed by atoms with Crippen LogP contribution in [0.15, 0.2) is 12.1 Å². The van der Waals surface area contributed by atoms with E-state index in [4.69, 9.17) is 26.8 Å². The fraction of sp³-hybridized carbons (Fsp3) is 0.500. The number of aliphatic hydroxyl groups excluding tert-OH is 1. The average molecular weight is 260 g/mol. The number of aryl methyl sites for hydroxylation is 1. The molecule has 0 spiro atoms. The zero-order chi connectivity index (χ0) is 12.8. The largest absolute Gasteiger partial charge is 0.493 e. The number of halogens is 1. The smallest absolute Gasteiger partial charge is 0.162 e. The first-order valence-electron chi connectivity index (χ1n) is 5.40. The maximum Gasteiger partial charge on any atom is 0.162 e. The Labute approximate surface area is 106 Å². The third kappa shape index (κ3) is 3.77. The molecular formula is C12H18ClNO3. The van der Waals surface area contributed by atoms with Crippen molar-refractivity contribution in [3.8, 4) is 11.5 Å². The fourth-order valence-corrected chi connectivity index (χ4v) is 1.78. The Morgan fingerprint density at radius 2 is 1.88 bits per heavy atom. The molecule has 5 heteroatoms. The number of rotatable bonds is 6. The molecule has 0 saturated heterocycles. The Bertz CT molecular complexity index is 371.